The molecule has 8 nitrogen and oxygen atoms in total. The molecular formula is C26H25Cl2F3N4O4. The van der Waals surface area contributed by atoms with E-state index in [1.54, 1.807) is 5.01 Å². The lowest BCUT2D eigenvalue weighted by Crippen LogP contribution is -2.55. The number of nitrogens with zero attached hydrogens (tertiary/aromatic N) is 3. The Morgan fingerprint density at radius 3 is 2.46 bits per heavy atom. The standard InChI is InChI=1S/C26H25Cl2F3N4O4/c27-18-2-1-15(7-20(18)29)39-13-14(36)11-33-3-5-34(6-4-33)32-26(38)17-12-35(24-10-22(24)31)23-9-19(28)21(30)8-16(23)25(17)37/h1-2,7-9,12,14,22,24,36H,3-6,10-11,13H2,(H,32,38)/t14-,22?,24?/m1/s1. The third kappa shape index (κ3) is 6.17. The number of rotatable bonds is 8. The van der Waals surface area contributed by atoms with Crippen LogP contribution in [0.5, 0.6) is 5.75 Å². The minimum Gasteiger partial charge on any atom is -0.491 e. The third-order valence-electron chi connectivity index (χ3n) is 6.79. The molecule has 0 radical (unpaired) electrons. The van der Waals surface area contributed by atoms with E-state index in [-0.39, 0.29) is 45.3 Å². The number of carbonyl (C=O) groups excluding carboxylic acids is 1. The fourth-order valence-corrected chi connectivity index (χ4v) is 4.85. The molecule has 2 unspecified atom stereocenters. The molecule has 1 amide bonds. The van der Waals surface area contributed by atoms with Crippen molar-refractivity contribution in [1.29, 1.82) is 0 Å². The maximum absolute atomic E-state index is 14.1. The summed E-state index contributed by atoms with van der Waals surface area (Å²) in [5.41, 5.74) is 2.07. The molecule has 2 N–H and O–H groups in total. The van der Waals surface area contributed by atoms with Crippen molar-refractivity contribution in [3.05, 3.63) is 74.0 Å². The molecule has 1 aromatic heterocycles. The lowest BCUT2D eigenvalue weighted by atomic mass is 10.1. The van der Waals surface area contributed by atoms with E-state index in [9.17, 15) is 27.9 Å². The van der Waals surface area contributed by atoms with Crippen LogP contribution in [0, 0.1) is 11.6 Å². The molecule has 2 fully saturated rings. The van der Waals surface area contributed by atoms with Gasteiger partial charge in [-0.05, 0) is 24.3 Å². The molecule has 2 heterocycles. The van der Waals surface area contributed by atoms with E-state index in [2.05, 4.69) is 5.43 Å². The number of halogens is 5. The quantitative estimate of drug-likeness (QED) is 0.421. The summed E-state index contributed by atoms with van der Waals surface area (Å²) in [6.45, 7) is 2.08. The fraction of sp³-hybridized carbons (Fsp3) is 0.385. The smallest absolute Gasteiger partial charge is 0.271 e. The van der Waals surface area contributed by atoms with E-state index in [1.165, 1.54) is 29.0 Å². The van der Waals surface area contributed by atoms with E-state index in [1.807, 2.05) is 4.90 Å². The highest BCUT2D eigenvalue weighted by Crippen LogP contribution is 2.41. The maximum Gasteiger partial charge on any atom is 0.271 e. The number of ether oxygens (including phenoxy) is 1. The number of aliphatic hydroxyl groups excluding tert-OH is 1. The van der Waals surface area contributed by atoms with Crippen LogP contribution in [0.25, 0.3) is 10.9 Å². The predicted octanol–water partition coefficient (Wildman–Crippen LogP) is 3.57. The number of benzene rings is 2. The molecular weight excluding hydrogens is 560 g/mol. The van der Waals surface area contributed by atoms with E-state index < -0.39 is 41.3 Å². The number of hydrogen-bond donors (Lipinski definition) is 2. The SMILES string of the molecule is O=C(NN1CCN(C[C@@H](O)COc2ccc(Cl)c(F)c2)CC1)c1cn(C2CC2F)c2cc(Cl)c(F)cc2c1=O. The van der Waals surface area contributed by atoms with Crippen molar-refractivity contribution in [2.75, 3.05) is 39.3 Å². The minimum atomic E-state index is -1.13. The molecule has 3 atom stereocenters. The van der Waals surface area contributed by atoms with Crippen LogP contribution >= 0.6 is 23.2 Å². The first-order chi connectivity index (χ1) is 18.6. The fourth-order valence-electron chi connectivity index (χ4n) is 4.58. The predicted molar refractivity (Wildman–Crippen MR) is 140 cm³/mol. The van der Waals surface area contributed by atoms with Gasteiger partial charge in [-0.15, -0.1) is 0 Å². The minimum absolute atomic E-state index is 0.0192. The number of hydrazine groups is 1. The van der Waals surface area contributed by atoms with E-state index in [4.69, 9.17) is 27.9 Å². The summed E-state index contributed by atoms with van der Waals surface area (Å²) < 4.78 is 48.5. The largest absolute Gasteiger partial charge is 0.491 e. The summed E-state index contributed by atoms with van der Waals surface area (Å²) >= 11 is 11.5. The Labute approximate surface area is 231 Å². The lowest BCUT2D eigenvalue weighted by Gasteiger charge is -2.35. The van der Waals surface area contributed by atoms with Crippen molar-refractivity contribution >= 4 is 40.0 Å². The van der Waals surface area contributed by atoms with Gasteiger partial charge in [0.1, 0.15) is 41.8 Å². The summed E-state index contributed by atoms with van der Waals surface area (Å²) in [5, 5.41) is 11.7. The van der Waals surface area contributed by atoms with Gasteiger partial charge >= 0.3 is 0 Å². The number of nitrogens with one attached hydrogen (secondary N) is 1. The molecule has 208 valence electrons. The third-order valence-corrected chi connectivity index (χ3v) is 7.39. The number of hydrogen-bond acceptors (Lipinski definition) is 6. The van der Waals surface area contributed by atoms with E-state index in [0.29, 0.717) is 32.7 Å². The van der Waals surface area contributed by atoms with Crippen LogP contribution in [0.15, 0.2) is 41.3 Å². The Morgan fingerprint density at radius 2 is 1.79 bits per heavy atom. The van der Waals surface area contributed by atoms with Crippen LogP contribution in [-0.4, -0.2) is 77.1 Å². The van der Waals surface area contributed by atoms with Gasteiger partial charge in [0.2, 0.25) is 5.43 Å². The van der Waals surface area contributed by atoms with E-state index >= 15 is 0 Å². The first-order valence-corrected chi connectivity index (χ1v) is 13.1. The van der Waals surface area contributed by atoms with Gasteiger partial charge in [0.25, 0.3) is 5.91 Å². The number of pyridine rings is 1. The van der Waals surface area contributed by atoms with E-state index in [0.717, 1.165) is 12.1 Å². The second-order valence-electron chi connectivity index (χ2n) is 9.65. The Kier molecular flexibility index (Phi) is 8.06. The van der Waals surface area contributed by atoms with Crippen molar-refractivity contribution in [3.63, 3.8) is 0 Å². The Balaban J connectivity index is 1.18. The number of aromatic nitrogens is 1. The molecule has 1 saturated carbocycles. The molecule has 1 aliphatic carbocycles. The number of β-amino-alcohol motifs (C(OH)–C–C–N with tert-alkyl or cyclic N) is 1. The number of fused-ring (bicyclic) bond motifs is 1. The zero-order chi connectivity index (χ0) is 27.8. The zero-order valence-corrected chi connectivity index (χ0v) is 22.1. The van der Waals surface area contributed by atoms with Gasteiger partial charge in [-0.2, -0.15) is 0 Å². The van der Waals surface area contributed by atoms with Crippen molar-refractivity contribution < 1.29 is 27.8 Å². The molecule has 0 bridgehead atoms. The highest BCUT2D eigenvalue weighted by Gasteiger charge is 2.40. The van der Waals surface area contributed by atoms with Crippen LogP contribution in [0.3, 0.4) is 0 Å². The molecule has 39 heavy (non-hydrogen) atoms. The first-order valence-electron chi connectivity index (χ1n) is 12.3. The molecule has 1 saturated heterocycles. The van der Waals surface area contributed by atoms with Crippen LogP contribution in [0.4, 0.5) is 13.2 Å². The van der Waals surface area contributed by atoms with Crippen molar-refractivity contribution in [3.8, 4) is 5.75 Å². The summed E-state index contributed by atoms with van der Waals surface area (Å²) in [7, 11) is 0. The number of amides is 1. The van der Waals surface area contributed by atoms with Crippen LogP contribution in [0.2, 0.25) is 10.0 Å². The molecule has 2 aliphatic rings. The van der Waals surface area contributed by atoms with Crippen LogP contribution in [0.1, 0.15) is 22.8 Å². The van der Waals surface area contributed by atoms with Gasteiger partial charge in [-0.3, -0.25) is 19.9 Å². The number of aliphatic hydroxyl groups is 1. The summed E-state index contributed by atoms with van der Waals surface area (Å²) in [6.07, 6.45) is -0.436. The van der Waals surface area contributed by atoms with Gasteiger partial charge in [0.05, 0.1) is 21.6 Å². The average molecular weight is 585 g/mol. The average Bonchev–Trinajstić information content (AvgIpc) is 3.63. The number of piperazine rings is 1. The van der Waals surface area contributed by atoms with Gasteiger partial charge in [0.15, 0.2) is 0 Å². The molecule has 0 spiro atoms. The normalized spacial score (nSPS) is 20.7. The highest BCUT2D eigenvalue weighted by molar-refractivity contribution is 6.31. The molecule has 1 aliphatic heterocycles. The second-order valence-corrected chi connectivity index (χ2v) is 10.5. The molecule has 2 aromatic carbocycles. The zero-order valence-electron chi connectivity index (χ0n) is 20.5. The lowest BCUT2D eigenvalue weighted by molar-refractivity contribution is 0.0316. The van der Waals surface area contributed by atoms with Gasteiger partial charge in [-0.25, -0.2) is 18.2 Å². The Bertz CT molecular complexity index is 1470. The summed E-state index contributed by atoms with van der Waals surface area (Å²) in [4.78, 5) is 28.1. The molecule has 5 rings (SSSR count). The Hall–Kier alpha value is -2.83. The molecule has 3 aromatic rings. The second kappa shape index (κ2) is 11.3. The van der Waals surface area contributed by atoms with Gasteiger partial charge in [0, 0.05) is 56.8 Å². The number of carbonyl (C=O) groups is 1. The van der Waals surface area contributed by atoms with Gasteiger partial charge < -0.3 is 14.4 Å². The van der Waals surface area contributed by atoms with Crippen LogP contribution < -0.4 is 15.6 Å². The maximum atomic E-state index is 14.1. The summed E-state index contributed by atoms with van der Waals surface area (Å²) in [6, 6.07) is 5.71. The van der Waals surface area contributed by atoms with Crippen LogP contribution in [-0.2, 0) is 0 Å². The van der Waals surface area contributed by atoms with Crippen molar-refractivity contribution in [2.24, 2.45) is 0 Å². The monoisotopic (exact) mass is 584 g/mol. The van der Waals surface area contributed by atoms with Gasteiger partial charge in [-0.1, -0.05) is 23.2 Å². The van der Waals surface area contributed by atoms with Crippen molar-refractivity contribution in [2.45, 2.75) is 24.7 Å². The van der Waals surface area contributed by atoms with Crippen molar-refractivity contribution in [1.82, 2.24) is 19.9 Å². The Morgan fingerprint density at radius 1 is 1.10 bits per heavy atom. The summed E-state index contributed by atoms with van der Waals surface area (Å²) in [5.74, 6) is -1.84. The topological polar surface area (TPSA) is 87.0 Å². The number of alkyl halides is 1. The highest BCUT2D eigenvalue weighted by atomic mass is 35.5. The molecule has 13 heteroatoms. The first kappa shape index (κ1) is 27.7.